The highest BCUT2D eigenvalue weighted by atomic mass is 16.4. The minimum absolute atomic E-state index is 0.211. The first-order valence-corrected chi connectivity index (χ1v) is 6.12. The molecule has 0 aromatic carbocycles. The minimum Gasteiger partial charge on any atom is -0.479 e. The lowest BCUT2D eigenvalue weighted by Gasteiger charge is -2.18. The van der Waals surface area contributed by atoms with Crippen LogP contribution in [0.4, 0.5) is 5.69 Å². The molecule has 3 heterocycles. The van der Waals surface area contributed by atoms with Crippen LogP contribution in [-0.2, 0) is 12.3 Å². The maximum atomic E-state index is 10.1. The molecule has 2 aliphatic heterocycles. The molecular weight excluding hydrogens is 252 g/mol. The molecule has 0 aliphatic carbocycles. The number of aliphatic hydroxyl groups excluding tert-OH is 3. The summed E-state index contributed by atoms with van der Waals surface area (Å²) in [4.78, 5) is 6.55. The Morgan fingerprint density at radius 1 is 1.42 bits per heavy atom. The molecular formula is C11H16N4O4. The smallest absolute Gasteiger partial charge is 0.309 e. The van der Waals surface area contributed by atoms with Gasteiger partial charge in [0.05, 0.1) is 17.9 Å². The lowest BCUT2D eigenvalue weighted by molar-refractivity contribution is 0.0182. The Balaban J connectivity index is 1.89. The van der Waals surface area contributed by atoms with Crippen molar-refractivity contribution in [3.63, 3.8) is 0 Å². The molecule has 0 fully saturated rings. The summed E-state index contributed by atoms with van der Waals surface area (Å²) in [5, 5.41) is 40.4. The molecule has 0 radical (unpaired) electrons. The van der Waals surface area contributed by atoms with Gasteiger partial charge in [0.1, 0.15) is 5.69 Å². The van der Waals surface area contributed by atoms with Gasteiger partial charge in [-0.05, 0) is 12.0 Å². The molecule has 1 aromatic rings. The van der Waals surface area contributed by atoms with Gasteiger partial charge < -0.3 is 25.4 Å². The van der Waals surface area contributed by atoms with E-state index in [1.54, 1.807) is 13.1 Å². The average Bonchev–Trinajstić information content (AvgIpc) is 2.98. The molecule has 1 unspecified atom stereocenters. The van der Waals surface area contributed by atoms with Crippen LogP contribution in [0.5, 0.6) is 0 Å². The highest BCUT2D eigenvalue weighted by Crippen LogP contribution is 2.42. The van der Waals surface area contributed by atoms with Crippen LogP contribution in [0.15, 0.2) is 11.2 Å². The standard InChI is InChI=1S/C11H16N4O4/c1-2-6(16)7(17)3-5-4-12-9-8(5)15-10(18)13-11(9,19)14-15/h4,6-7,12,14,16-17,19H,2-3H2,1H3,(H,13,18)/t6-,7+,11?/m1/s1. The number of rotatable bonds is 4. The number of hydrogen-bond acceptors (Lipinski definition) is 6. The highest BCUT2D eigenvalue weighted by molar-refractivity contribution is 5.96. The Hall–Kier alpha value is -1.61. The van der Waals surface area contributed by atoms with E-state index in [9.17, 15) is 20.4 Å². The highest BCUT2D eigenvalue weighted by Gasteiger charge is 2.51. The van der Waals surface area contributed by atoms with Crippen LogP contribution in [0.25, 0.3) is 0 Å². The van der Waals surface area contributed by atoms with Gasteiger partial charge in [-0.15, -0.1) is 0 Å². The van der Waals surface area contributed by atoms with Gasteiger partial charge in [-0.25, -0.2) is 5.01 Å². The van der Waals surface area contributed by atoms with E-state index in [2.05, 4.69) is 15.4 Å². The summed E-state index contributed by atoms with van der Waals surface area (Å²) in [6, 6.07) is -0.332. The zero-order valence-corrected chi connectivity index (χ0v) is 10.3. The Bertz CT molecular complexity index is 543. The number of aromatic nitrogens is 1. The van der Waals surface area contributed by atoms with E-state index in [0.29, 0.717) is 23.4 Å². The first kappa shape index (κ1) is 12.4. The molecule has 19 heavy (non-hydrogen) atoms. The SMILES string of the molecule is CC[C@@H](O)[C@@H](O)Cc1c[nH]c2c1N1NC2(O)N=C1O. The minimum atomic E-state index is -1.67. The average molecular weight is 268 g/mol. The van der Waals surface area contributed by atoms with E-state index in [0.717, 1.165) is 0 Å². The molecule has 3 rings (SSSR count). The second kappa shape index (κ2) is 3.94. The van der Waals surface area contributed by atoms with Crippen molar-refractivity contribution in [3.05, 3.63) is 17.5 Å². The third-order valence-electron chi connectivity index (χ3n) is 3.52. The van der Waals surface area contributed by atoms with E-state index < -0.39 is 18.1 Å². The number of fused-ring (bicyclic) bond motifs is 5. The number of aromatic amines is 1. The summed E-state index contributed by atoms with van der Waals surface area (Å²) in [6.45, 7) is 1.78. The molecule has 3 atom stereocenters. The monoisotopic (exact) mass is 268 g/mol. The fourth-order valence-corrected chi connectivity index (χ4v) is 2.46. The van der Waals surface area contributed by atoms with Crippen molar-refractivity contribution in [1.29, 1.82) is 0 Å². The first-order valence-electron chi connectivity index (χ1n) is 6.12. The van der Waals surface area contributed by atoms with Crippen LogP contribution in [0.2, 0.25) is 0 Å². The van der Waals surface area contributed by atoms with Crippen LogP contribution >= 0.6 is 0 Å². The van der Waals surface area contributed by atoms with Crippen molar-refractivity contribution in [3.8, 4) is 0 Å². The van der Waals surface area contributed by atoms with Crippen molar-refractivity contribution in [1.82, 2.24) is 10.4 Å². The van der Waals surface area contributed by atoms with Crippen molar-refractivity contribution in [2.45, 2.75) is 37.8 Å². The lowest BCUT2D eigenvalue weighted by Crippen LogP contribution is -2.40. The Morgan fingerprint density at radius 3 is 2.84 bits per heavy atom. The summed E-state index contributed by atoms with van der Waals surface area (Å²) in [6.07, 6.45) is 0.578. The summed E-state index contributed by atoms with van der Waals surface area (Å²) in [5.41, 5.74) is 4.25. The molecule has 0 spiro atoms. The second-order valence-electron chi connectivity index (χ2n) is 4.82. The molecule has 6 N–H and O–H groups in total. The summed E-state index contributed by atoms with van der Waals surface area (Å²) in [7, 11) is 0. The van der Waals surface area contributed by atoms with Crippen molar-refractivity contribution < 1.29 is 20.4 Å². The van der Waals surface area contributed by atoms with Crippen LogP contribution < -0.4 is 10.4 Å². The van der Waals surface area contributed by atoms with Gasteiger partial charge in [0.25, 0.3) is 5.85 Å². The summed E-state index contributed by atoms with van der Waals surface area (Å²) < 4.78 is 0. The van der Waals surface area contributed by atoms with Crippen LogP contribution in [-0.4, -0.2) is 43.6 Å². The topological polar surface area (TPSA) is 124 Å². The molecule has 8 heteroatoms. The van der Waals surface area contributed by atoms with E-state index >= 15 is 0 Å². The van der Waals surface area contributed by atoms with Crippen LogP contribution in [0, 0.1) is 0 Å². The largest absolute Gasteiger partial charge is 0.479 e. The maximum Gasteiger partial charge on any atom is 0.309 e. The third kappa shape index (κ3) is 1.65. The van der Waals surface area contributed by atoms with Crippen LogP contribution in [0.1, 0.15) is 24.6 Å². The number of hydrogen-bond donors (Lipinski definition) is 6. The first-order chi connectivity index (χ1) is 8.96. The number of anilines is 1. The second-order valence-corrected chi connectivity index (χ2v) is 4.82. The molecule has 2 bridgehead atoms. The van der Waals surface area contributed by atoms with Crippen molar-refractivity contribution in [2.75, 3.05) is 5.01 Å². The van der Waals surface area contributed by atoms with Gasteiger partial charge in [0, 0.05) is 12.6 Å². The normalized spacial score (nSPS) is 27.4. The molecule has 0 saturated carbocycles. The summed E-state index contributed by atoms with van der Waals surface area (Å²) in [5.74, 6) is -1.67. The van der Waals surface area contributed by atoms with Gasteiger partial charge in [0.2, 0.25) is 0 Å². The number of amidine groups is 1. The zero-order valence-electron chi connectivity index (χ0n) is 10.3. The third-order valence-corrected chi connectivity index (χ3v) is 3.52. The molecule has 2 aliphatic rings. The van der Waals surface area contributed by atoms with E-state index in [1.165, 1.54) is 5.01 Å². The van der Waals surface area contributed by atoms with Gasteiger partial charge in [-0.1, -0.05) is 6.92 Å². The van der Waals surface area contributed by atoms with Crippen molar-refractivity contribution >= 4 is 11.7 Å². The fraction of sp³-hybridized carbons (Fsp3) is 0.545. The number of aliphatic hydroxyl groups is 4. The number of nitrogens with one attached hydrogen (secondary N) is 2. The fourth-order valence-electron chi connectivity index (χ4n) is 2.46. The van der Waals surface area contributed by atoms with Gasteiger partial charge in [-0.2, -0.15) is 10.4 Å². The predicted octanol–water partition coefficient (Wildman–Crippen LogP) is -0.956. The predicted molar refractivity (Wildman–Crippen MR) is 66.4 cm³/mol. The molecule has 8 nitrogen and oxygen atoms in total. The Kier molecular flexibility index (Phi) is 2.58. The molecule has 1 aromatic heterocycles. The van der Waals surface area contributed by atoms with E-state index in [1.807, 2.05) is 0 Å². The van der Waals surface area contributed by atoms with Crippen molar-refractivity contribution in [2.24, 2.45) is 4.99 Å². The zero-order chi connectivity index (χ0) is 13.8. The number of aliphatic imine (C=N–C) groups is 1. The summed E-state index contributed by atoms with van der Waals surface area (Å²) >= 11 is 0. The number of hydrazine groups is 1. The Morgan fingerprint density at radius 2 is 2.16 bits per heavy atom. The Labute approximate surface area is 109 Å². The molecule has 104 valence electrons. The molecule has 0 saturated heterocycles. The van der Waals surface area contributed by atoms with E-state index in [-0.39, 0.29) is 12.4 Å². The maximum absolute atomic E-state index is 10.1. The van der Waals surface area contributed by atoms with E-state index in [4.69, 9.17) is 0 Å². The number of H-pyrrole nitrogens is 1. The number of nitrogens with zero attached hydrogens (tertiary/aromatic N) is 2. The quantitative estimate of drug-likeness (QED) is 0.418. The van der Waals surface area contributed by atoms with Gasteiger partial charge in [0.15, 0.2) is 0 Å². The molecule has 0 amide bonds. The van der Waals surface area contributed by atoms with Gasteiger partial charge in [-0.3, -0.25) is 0 Å². The van der Waals surface area contributed by atoms with Crippen LogP contribution in [0.3, 0.4) is 0 Å². The lowest BCUT2D eigenvalue weighted by atomic mass is 10.0. The van der Waals surface area contributed by atoms with Gasteiger partial charge >= 0.3 is 6.02 Å².